The lowest BCUT2D eigenvalue weighted by molar-refractivity contribution is -0.161. The van der Waals surface area contributed by atoms with E-state index in [0.717, 1.165) is 32.5 Å². The van der Waals surface area contributed by atoms with Crippen LogP contribution in [0.1, 0.15) is 37.3 Å². The van der Waals surface area contributed by atoms with Gasteiger partial charge in [0.15, 0.2) is 0 Å². The van der Waals surface area contributed by atoms with Gasteiger partial charge in [0, 0.05) is 32.5 Å². The maximum atomic E-state index is 11.5. The zero-order valence-electron chi connectivity index (χ0n) is 16.0. The van der Waals surface area contributed by atoms with Crippen LogP contribution in [0.5, 0.6) is 0 Å². The molecule has 144 valence electrons. The number of nitrogens with zero attached hydrogens (tertiary/aromatic N) is 1. The summed E-state index contributed by atoms with van der Waals surface area (Å²) >= 11 is 0. The minimum Gasteiger partial charge on any atom is -0.459 e. The summed E-state index contributed by atoms with van der Waals surface area (Å²) in [6.45, 7) is 3.87. The van der Waals surface area contributed by atoms with E-state index in [1.807, 2.05) is 12.1 Å². The first-order valence-electron chi connectivity index (χ1n) is 9.77. The molecular formula is C23H29NO3. The number of esters is 1. The molecule has 2 aromatic rings. The number of carbonyl (C=O) groups excluding carboxylic acids is 1. The number of hydrogen-bond donors (Lipinski definition) is 1. The minimum absolute atomic E-state index is 0.144. The Hall–Kier alpha value is -2.17. The van der Waals surface area contributed by atoms with Crippen molar-refractivity contribution in [2.45, 2.75) is 51.5 Å². The molecule has 1 aliphatic rings. The summed E-state index contributed by atoms with van der Waals surface area (Å²) in [5, 5.41) is 10.4. The molecule has 0 aliphatic heterocycles. The molecule has 4 nitrogen and oxygen atoms in total. The number of hydrogen-bond acceptors (Lipinski definition) is 4. The third-order valence-corrected chi connectivity index (χ3v) is 5.21. The molecule has 0 unspecified atom stereocenters. The van der Waals surface area contributed by atoms with Crippen molar-refractivity contribution in [2.24, 2.45) is 5.92 Å². The number of benzene rings is 2. The van der Waals surface area contributed by atoms with Crippen LogP contribution in [0, 0.1) is 5.92 Å². The van der Waals surface area contributed by atoms with E-state index < -0.39 is 12.2 Å². The van der Waals surface area contributed by atoms with Crippen LogP contribution in [0.4, 0.5) is 0 Å². The highest BCUT2D eigenvalue weighted by Crippen LogP contribution is 2.29. The standard InChI is InChI=1S/C23H29NO3/c1-18(25)27-23-21(13-8-14-22(23)26)17-24(15-19-9-4-2-5-10-19)16-20-11-6-3-7-12-20/h2-7,9-12,21-23,26H,8,13-17H2,1H3/t21-,22+,23+/m0/s1. The Kier molecular flexibility index (Phi) is 7.02. The average molecular weight is 367 g/mol. The van der Waals surface area contributed by atoms with E-state index >= 15 is 0 Å². The van der Waals surface area contributed by atoms with Gasteiger partial charge in [0.05, 0.1) is 6.10 Å². The lowest BCUT2D eigenvalue weighted by Gasteiger charge is -2.37. The van der Waals surface area contributed by atoms with E-state index in [-0.39, 0.29) is 11.9 Å². The highest BCUT2D eigenvalue weighted by atomic mass is 16.6. The topological polar surface area (TPSA) is 49.8 Å². The first-order chi connectivity index (χ1) is 13.1. The van der Waals surface area contributed by atoms with Crippen LogP contribution < -0.4 is 0 Å². The molecule has 0 aromatic heterocycles. The van der Waals surface area contributed by atoms with Gasteiger partial charge in [-0.3, -0.25) is 9.69 Å². The molecule has 0 spiro atoms. The summed E-state index contributed by atoms with van der Waals surface area (Å²) in [5.74, 6) is -0.173. The summed E-state index contributed by atoms with van der Waals surface area (Å²) < 4.78 is 5.50. The second kappa shape index (κ2) is 9.67. The van der Waals surface area contributed by atoms with Crippen molar-refractivity contribution in [3.63, 3.8) is 0 Å². The molecule has 0 heterocycles. The van der Waals surface area contributed by atoms with Crippen LogP contribution in [0.15, 0.2) is 60.7 Å². The molecule has 0 amide bonds. The van der Waals surface area contributed by atoms with E-state index in [1.165, 1.54) is 18.1 Å². The van der Waals surface area contributed by atoms with Crippen LogP contribution >= 0.6 is 0 Å². The SMILES string of the molecule is CC(=O)O[C@@H]1[C@H](CN(Cc2ccccc2)Cc2ccccc2)CCC[C@H]1O. The van der Waals surface area contributed by atoms with Gasteiger partial charge in [0.25, 0.3) is 0 Å². The van der Waals surface area contributed by atoms with Crippen LogP contribution in [0.2, 0.25) is 0 Å². The Labute approximate surface area is 161 Å². The summed E-state index contributed by atoms with van der Waals surface area (Å²) in [7, 11) is 0. The van der Waals surface area contributed by atoms with Gasteiger partial charge in [0.1, 0.15) is 6.10 Å². The second-order valence-electron chi connectivity index (χ2n) is 7.47. The van der Waals surface area contributed by atoms with Gasteiger partial charge < -0.3 is 9.84 Å². The normalized spacial score (nSPS) is 22.6. The van der Waals surface area contributed by atoms with Crippen molar-refractivity contribution in [1.82, 2.24) is 4.90 Å². The number of aliphatic hydroxyl groups is 1. The van der Waals surface area contributed by atoms with Gasteiger partial charge in [-0.2, -0.15) is 0 Å². The Morgan fingerprint density at radius 3 is 2.07 bits per heavy atom. The Morgan fingerprint density at radius 2 is 1.56 bits per heavy atom. The van der Waals surface area contributed by atoms with Gasteiger partial charge in [0.2, 0.25) is 0 Å². The molecule has 1 saturated carbocycles. The largest absolute Gasteiger partial charge is 0.459 e. The van der Waals surface area contributed by atoms with Gasteiger partial charge in [-0.1, -0.05) is 67.1 Å². The highest BCUT2D eigenvalue weighted by molar-refractivity contribution is 5.66. The second-order valence-corrected chi connectivity index (χ2v) is 7.47. The van der Waals surface area contributed by atoms with E-state index in [2.05, 4.69) is 53.4 Å². The first kappa shape index (κ1) is 19.6. The van der Waals surface area contributed by atoms with Crippen molar-refractivity contribution >= 4 is 5.97 Å². The number of rotatable bonds is 7. The van der Waals surface area contributed by atoms with Crippen LogP contribution in [-0.2, 0) is 22.6 Å². The smallest absolute Gasteiger partial charge is 0.303 e. The fourth-order valence-corrected chi connectivity index (χ4v) is 3.99. The van der Waals surface area contributed by atoms with E-state index in [9.17, 15) is 9.90 Å². The van der Waals surface area contributed by atoms with E-state index in [0.29, 0.717) is 6.42 Å². The maximum Gasteiger partial charge on any atom is 0.303 e. The van der Waals surface area contributed by atoms with Crippen LogP contribution in [0.3, 0.4) is 0 Å². The molecule has 27 heavy (non-hydrogen) atoms. The van der Waals surface area contributed by atoms with E-state index in [4.69, 9.17) is 4.74 Å². The third kappa shape index (κ3) is 5.91. The van der Waals surface area contributed by atoms with E-state index in [1.54, 1.807) is 0 Å². The summed E-state index contributed by atoms with van der Waals surface area (Å²) in [6, 6.07) is 20.8. The van der Waals surface area contributed by atoms with Crippen LogP contribution in [-0.4, -0.2) is 34.7 Å². The first-order valence-corrected chi connectivity index (χ1v) is 9.77. The molecular weight excluding hydrogens is 338 g/mol. The number of carbonyl (C=O) groups is 1. The molecule has 0 saturated heterocycles. The van der Waals surface area contributed by atoms with Gasteiger partial charge in [-0.15, -0.1) is 0 Å². The van der Waals surface area contributed by atoms with Crippen molar-refractivity contribution in [3.05, 3.63) is 71.8 Å². The number of aliphatic hydroxyl groups excluding tert-OH is 1. The van der Waals surface area contributed by atoms with Gasteiger partial charge >= 0.3 is 5.97 Å². The zero-order valence-corrected chi connectivity index (χ0v) is 16.0. The van der Waals surface area contributed by atoms with Crippen LogP contribution in [0.25, 0.3) is 0 Å². The zero-order chi connectivity index (χ0) is 19.1. The molecule has 4 heteroatoms. The lowest BCUT2D eigenvalue weighted by Crippen LogP contribution is -2.45. The molecule has 0 bridgehead atoms. The fraction of sp³-hybridized carbons (Fsp3) is 0.435. The summed E-state index contributed by atoms with van der Waals surface area (Å²) in [6.07, 6.45) is 1.66. The molecule has 3 rings (SSSR count). The molecule has 2 aromatic carbocycles. The van der Waals surface area contributed by atoms with Gasteiger partial charge in [-0.05, 0) is 24.0 Å². The molecule has 3 atom stereocenters. The van der Waals surface area contributed by atoms with Crippen molar-refractivity contribution in [1.29, 1.82) is 0 Å². The maximum absolute atomic E-state index is 11.5. The Bertz CT molecular complexity index is 663. The Morgan fingerprint density at radius 1 is 1.00 bits per heavy atom. The highest BCUT2D eigenvalue weighted by Gasteiger charge is 2.35. The average Bonchev–Trinajstić information content (AvgIpc) is 2.66. The lowest BCUT2D eigenvalue weighted by atomic mass is 9.83. The molecule has 1 N–H and O–H groups in total. The van der Waals surface area contributed by atoms with Crippen molar-refractivity contribution in [2.75, 3.05) is 6.54 Å². The minimum atomic E-state index is -0.567. The number of ether oxygens (including phenoxy) is 1. The van der Waals surface area contributed by atoms with Crippen molar-refractivity contribution in [3.8, 4) is 0 Å². The predicted molar refractivity (Wildman–Crippen MR) is 106 cm³/mol. The summed E-state index contributed by atoms with van der Waals surface area (Å²) in [5.41, 5.74) is 2.52. The third-order valence-electron chi connectivity index (χ3n) is 5.21. The molecule has 1 fully saturated rings. The quantitative estimate of drug-likeness (QED) is 0.757. The monoisotopic (exact) mass is 367 g/mol. The summed E-state index contributed by atoms with van der Waals surface area (Å²) in [4.78, 5) is 13.9. The molecule has 1 aliphatic carbocycles. The fourth-order valence-electron chi connectivity index (χ4n) is 3.99. The van der Waals surface area contributed by atoms with Crippen molar-refractivity contribution < 1.29 is 14.6 Å². The van der Waals surface area contributed by atoms with Gasteiger partial charge in [-0.25, -0.2) is 0 Å². The predicted octanol–water partition coefficient (Wildman–Crippen LogP) is 3.78. The molecule has 0 radical (unpaired) electrons. The Balaban J connectivity index is 1.75.